The summed E-state index contributed by atoms with van der Waals surface area (Å²) in [6.07, 6.45) is -0.788. The molecule has 1 aromatic heterocycles. The summed E-state index contributed by atoms with van der Waals surface area (Å²) in [5.41, 5.74) is 3.06. The lowest BCUT2D eigenvalue weighted by Gasteiger charge is -2.15. The number of carbonyl (C=O) groups excluding carboxylic acids is 2. The van der Waals surface area contributed by atoms with Crippen molar-refractivity contribution in [3.63, 3.8) is 0 Å². The Morgan fingerprint density at radius 3 is 2.57 bits per heavy atom. The molecule has 0 saturated heterocycles. The van der Waals surface area contributed by atoms with E-state index >= 15 is 0 Å². The van der Waals surface area contributed by atoms with Gasteiger partial charge in [0, 0.05) is 16.0 Å². The van der Waals surface area contributed by atoms with Crippen LogP contribution in [0, 0.1) is 6.92 Å². The van der Waals surface area contributed by atoms with Crippen molar-refractivity contribution in [1.82, 2.24) is 0 Å². The molecule has 0 saturated carbocycles. The van der Waals surface area contributed by atoms with Crippen LogP contribution in [0.15, 0.2) is 53.9 Å². The zero-order chi connectivity index (χ0) is 21.7. The van der Waals surface area contributed by atoms with Crippen LogP contribution in [-0.4, -0.2) is 24.6 Å². The average molecular weight is 444 g/mol. The number of benzene rings is 2. The Morgan fingerprint density at radius 1 is 1.17 bits per heavy atom. The molecule has 0 aliphatic rings. The first-order chi connectivity index (χ1) is 14.4. The zero-order valence-corrected chi connectivity index (χ0v) is 18.5. The average Bonchev–Trinajstić information content (AvgIpc) is 3.12. The number of amides is 1. The Kier molecular flexibility index (Phi) is 7.13. The molecule has 0 radical (unpaired) electrons. The van der Waals surface area contributed by atoms with E-state index < -0.39 is 12.1 Å². The maximum atomic E-state index is 12.7. The largest absolute Gasteiger partial charge is 0.481 e. The van der Waals surface area contributed by atoms with Crippen LogP contribution in [0.1, 0.15) is 29.8 Å². The van der Waals surface area contributed by atoms with Gasteiger partial charge in [0.25, 0.3) is 5.91 Å². The first kappa shape index (κ1) is 21.9. The minimum absolute atomic E-state index is 0.240. The van der Waals surface area contributed by atoms with Crippen LogP contribution in [0.2, 0.25) is 5.02 Å². The summed E-state index contributed by atoms with van der Waals surface area (Å²) in [7, 11) is 0. The highest BCUT2D eigenvalue weighted by atomic mass is 35.5. The number of esters is 1. The van der Waals surface area contributed by atoms with Gasteiger partial charge < -0.3 is 14.8 Å². The van der Waals surface area contributed by atoms with E-state index in [9.17, 15) is 9.59 Å². The molecule has 0 bridgehead atoms. The summed E-state index contributed by atoms with van der Waals surface area (Å²) in [5.74, 6) is -0.367. The van der Waals surface area contributed by atoms with Crippen molar-refractivity contribution in [2.24, 2.45) is 0 Å². The molecule has 3 aromatic rings. The molecule has 0 spiro atoms. The second-order valence-electron chi connectivity index (χ2n) is 6.65. The van der Waals surface area contributed by atoms with Crippen LogP contribution in [0.3, 0.4) is 0 Å². The fourth-order valence-electron chi connectivity index (χ4n) is 2.81. The van der Waals surface area contributed by atoms with Gasteiger partial charge in [-0.1, -0.05) is 47.5 Å². The molecule has 2 aromatic carbocycles. The van der Waals surface area contributed by atoms with Crippen molar-refractivity contribution in [2.45, 2.75) is 26.9 Å². The van der Waals surface area contributed by atoms with Gasteiger partial charge in [0.2, 0.25) is 0 Å². The maximum Gasteiger partial charge on any atom is 0.341 e. The van der Waals surface area contributed by atoms with Gasteiger partial charge in [-0.2, -0.15) is 0 Å². The summed E-state index contributed by atoms with van der Waals surface area (Å²) >= 11 is 7.24. The molecule has 3 rings (SSSR count). The van der Waals surface area contributed by atoms with Crippen LogP contribution in [-0.2, 0) is 9.53 Å². The van der Waals surface area contributed by atoms with Gasteiger partial charge in [-0.25, -0.2) is 4.79 Å². The quantitative estimate of drug-likeness (QED) is 0.457. The lowest BCUT2D eigenvalue weighted by molar-refractivity contribution is -0.122. The monoisotopic (exact) mass is 443 g/mol. The molecule has 7 heteroatoms. The van der Waals surface area contributed by atoms with E-state index in [2.05, 4.69) is 5.32 Å². The summed E-state index contributed by atoms with van der Waals surface area (Å²) < 4.78 is 10.9. The molecule has 1 unspecified atom stereocenters. The van der Waals surface area contributed by atoms with E-state index in [0.717, 1.165) is 16.7 Å². The van der Waals surface area contributed by atoms with E-state index in [1.165, 1.54) is 11.3 Å². The van der Waals surface area contributed by atoms with Crippen molar-refractivity contribution >= 4 is 39.8 Å². The van der Waals surface area contributed by atoms with Crippen LogP contribution in [0.5, 0.6) is 5.75 Å². The third-order valence-electron chi connectivity index (χ3n) is 4.35. The number of rotatable bonds is 7. The Bertz CT molecular complexity index is 1050. The highest BCUT2D eigenvalue weighted by Gasteiger charge is 2.24. The standard InChI is InChI=1S/C23H22ClNO4S/c1-4-28-23(27)20-19(16-10-8-14(2)9-11-16)13-30-22(20)25-21(26)15(3)29-18-7-5-6-17(24)12-18/h5-13,15H,4H2,1-3H3,(H,25,26). The van der Waals surface area contributed by atoms with Crippen LogP contribution in [0.4, 0.5) is 5.00 Å². The van der Waals surface area contributed by atoms with Crippen molar-refractivity contribution in [1.29, 1.82) is 0 Å². The van der Waals surface area contributed by atoms with Gasteiger partial charge in [0.1, 0.15) is 16.3 Å². The normalized spacial score (nSPS) is 11.6. The third kappa shape index (κ3) is 5.20. The van der Waals surface area contributed by atoms with Crippen LogP contribution < -0.4 is 10.1 Å². The summed E-state index contributed by atoms with van der Waals surface area (Å²) in [5, 5.41) is 5.59. The van der Waals surface area contributed by atoms with E-state index in [1.54, 1.807) is 38.1 Å². The fourth-order valence-corrected chi connectivity index (χ4v) is 3.95. The van der Waals surface area contributed by atoms with E-state index in [1.807, 2.05) is 36.6 Å². The Hall–Kier alpha value is -2.83. The second kappa shape index (κ2) is 9.78. The summed E-state index contributed by atoms with van der Waals surface area (Å²) in [6.45, 7) is 5.62. The van der Waals surface area contributed by atoms with Gasteiger partial charge in [-0.15, -0.1) is 11.3 Å². The second-order valence-corrected chi connectivity index (χ2v) is 7.96. The highest BCUT2D eigenvalue weighted by Crippen LogP contribution is 2.36. The number of aryl methyl sites for hydroxylation is 1. The van der Waals surface area contributed by atoms with E-state index in [4.69, 9.17) is 21.1 Å². The molecule has 156 valence electrons. The van der Waals surface area contributed by atoms with Gasteiger partial charge in [0.05, 0.1) is 6.61 Å². The fraction of sp³-hybridized carbons (Fsp3) is 0.217. The molecule has 0 aliphatic heterocycles. The number of anilines is 1. The first-order valence-electron chi connectivity index (χ1n) is 9.47. The molecular formula is C23H22ClNO4S. The van der Waals surface area contributed by atoms with Crippen molar-refractivity contribution < 1.29 is 19.1 Å². The third-order valence-corrected chi connectivity index (χ3v) is 5.48. The molecule has 1 amide bonds. The van der Waals surface area contributed by atoms with Crippen molar-refractivity contribution in [2.75, 3.05) is 11.9 Å². The van der Waals surface area contributed by atoms with Crippen molar-refractivity contribution in [3.8, 4) is 16.9 Å². The number of nitrogens with one attached hydrogen (secondary N) is 1. The van der Waals surface area contributed by atoms with Gasteiger partial charge in [0.15, 0.2) is 6.10 Å². The minimum Gasteiger partial charge on any atom is -0.481 e. The molecular weight excluding hydrogens is 422 g/mol. The summed E-state index contributed by atoms with van der Waals surface area (Å²) in [6, 6.07) is 14.7. The number of hydrogen-bond donors (Lipinski definition) is 1. The molecule has 1 heterocycles. The van der Waals surface area contributed by atoms with Gasteiger partial charge in [-0.3, -0.25) is 4.79 Å². The maximum absolute atomic E-state index is 12.7. The number of carbonyl (C=O) groups is 2. The van der Waals surface area contributed by atoms with Crippen LogP contribution >= 0.6 is 22.9 Å². The molecule has 1 atom stereocenters. The predicted octanol–water partition coefficient (Wildman–Crippen LogP) is 5.96. The van der Waals surface area contributed by atoms with Gasteiger partial charge in [-0.05, 0) is 44.5 Å². The van der Waals surface area contributed by atoms with Crippen LogP contribution in [0.25, 0.3) is 11.1 Å². The Morgan fingerprint density at radius 2 is 1.90 bits per heavy atom. The van der Waals surface area contributed by atoms with Crippen molar-refractivity contribution in [3.05, 3.63) is 70.1 Å². The molecule has 5 nitrogen and oxygen atoms in total. The Balaban J connectivity index is 1.84. The topological polar surface area (TPSA) is 64.6 Å². The van der Waals surface area contributed by atoms with Gasteiger partial charge >= 0.3 is 5.97 Å². The number of hydrogen-bond acceptors (Lipinski definition) is 5. The smallest absolute Gasteiger partial charge is 0.341 e. The highest BCUT2D eigenvalue weighted by molar-refractivity contribution is 7.15. The SMILES string of the molecule is CCOC(=O)c1c(-c2ccc(C)cc2)csc1NC(=O)C(C)Oc1cccc(Cl)c1. The van der Waals surface area contributed by atoms with E-state index in [-0.39, 0.29) is 12.5 Å². The molecule has 1 N–H and O–H groups in total. The number of thiophene rings is 1. The Labute approximate surface area is 184 Å². The summed E-state index contributed by atoms with van der Waals surface area (Å²) in [4.78, 5) is 25.4. The zero-order valence-electron chi connectivity index (χ0n) is 16.9. The number of ether oxygens (including phenoxy) is 2. The molecule has 0 aliphatic carbocycles. The molecule has 30 heavy (non-hydrogen) atoms. The molecule has 0 fully saturated rings. The minimum atomic E-state index is -0.788. The predicted molar refractivity (Wildman–Crippen MR) is 121 cm³/mol. The lowest BCUT2D eigenvalue weighted by Crippen LogP contribution is -2.30. The van der Waals surface area contributed by atoms with E-state index in [0.29, 0.717) is 21.3 Å². The first-order valence-corrected chi connectivity index (χ1v) is 10.7. The number of halogens is 1. The lowest BCUT2D eigenvalue weighted by atomic mass is 10.0.